The van der Waals surface area contributed by atoms with Crippen LogP contribution in [0, 0.1) is 18.2 Å². The van der Waals surface area contributed by atoms with Gasteiger partial charge in [-0.25, -0.2) is 4.39 Å². The van der Waals surface area contributed by atoms with Gasteiger partial charge in [-0.2, -0.15) is 0 Å². The van der Waals surface area contributed by atoms with Gasteiger partial charge in [0.05, 0.1) is 0 Å². The van der Waals surface area contributed by atoms with Gasteiger partial charge in [-0.3, -0.25) is 10.2 Å². The standard InChI is InChI=1S/C18H21FN5O.C8H7F3O.C2H6.K/c1-10(2)24-8-13(15(17(20)21)18(24)22-3)11-4-5-14-12(16(11)19)6-7-23(14)9-25;1-6-3-2-4-7(5-6)12-8(9,10)11;1-2;/h4-5,8-10H,6-7H2,1-3H3,(H3-,20,21,22);2-5H,1H3;1-2H3;/q-1;;;+1. The molecule has 4 rings (SSSR count). The number of halogens is 4. The van der Waals surface area contributed by atoms with E-state index in [2.05, 4.69) is 10.1 Å². The number of aryl methyl sites for hydroxylation is 1. The average Bonchev–Trinajstić information content (AvgIpc) is 3.47. The van der Waals surface area contributed by atoms with Gasteiger partial charge in [0.2, 0.25) is 6.41 Å². The Morgan fingerprint density at radius 2 is 1.82 bits per heavy atom. The number of nitrogens with two attached hydrogens (primary N) is 1. The normalized spacial score (nSPS) is 11.8. The number of aromatic nitrogens is 1. The number of fused-ring (bicyclic) bond motifs is 1. The van der Waals surface area contributed by atoms with Crippen molar-refractivity contribution in [3.63, 3.8) is 0 Å². The Bertz CT molecular complexity index is 1310. The topological polar surface area (TPSA) is 98.4 Å². The number of rotatable bonds is 6. The van der Waals surface area contributed by atoms with Crippen LogP contribution in [0.2, 0.25) is 0 Å². The van der Waals surface area contributed by atoms with Crippen LogP contribution in [0.4, 0.5) is 29.1 Å². The summed E-state index contributed by atoms with van der Waals surface area (Å²) in [5.41, 5.74) is 8.99. The maximum Gasteiger partial charge on any atom is 1.00 e. The number of nitrogen functional groups attached to an aromatic ring is 1. The van der Waals surface area contributed by atoms with Crippen LogP contribution in [-0.4, -0.2) is 36.8 Å². The number of alkyl halides is 3. The minimum Gasteiger partial charge on any atom is -0.468 e. The molecule has 0 saturated heterocycles. The molecule has 1 aliphatic heterocycles. The third-order valence-corrected chi connectivity index (χ3v) is 5.81. The predicted molar refractivity (Wildman–Crippen MR) is 146 cm³/mol. The van der Waals surface area contributed by atoms with Crippen molar-refractivity contribution >= 4 is 23.8 Å². The number of hydrogen-bond donors (Lipinski definition) is 2. The smallest absolute Gasteiger partial charge is 0.468 e. The zero-order chi connectivity index (χ0) is 29.5. The molecule has 3 N–H and O–H groups in total. The Balaban J connectivity index is 0.000000451. The second-order valence-corrected chi connectivity index (χ2v) is 8.72. The molecule has 0 saturated carbocycles. The molecule has 7 nitrogen and oxygen atoms in total. The molecule has 2 heterocycles. The maximum absolute atomic E-state index is 15.2. The summed E-state index contributed by atoms with van der Waals surface area (Å²) in [6, 6.07) is 9.28. The Hall–Kier alpha value is -2.38. The average molecular weight is 588 g/mol. The molecular weight excluding hydrogens is 553 g/mol. The Morgan fingerprint density at radius 1 is 1.18 bits per heavy atom. The van der Waals surface area contributed by atoms with Gasteiger partial charge in [0.15, 0.2) is 0 Å². The zero-order valence-electron chi connectivity index (χ0n) is 23.9. The van der Waals surface area contributed by atoms with Crippen LogP contribution in [-0.2, 0) is 11.2 Å². The fraction of sp³-hybridized carbons (Fsp3) is 0.357. The summed E-state index contributed by atoms with van der Waals surface area (Å²) in [5, 5.41) is 12.2. The number of nitrogens with one attached hydrogen (secondary N) is 1. The minimum atomic E-state index is -4.60. The summed E-state index contributed by atoms with van der Waals surface area (Å²) in [6.45, 7) is 10.2. The molecule has 0 atom stereocenters. The molecule has 3 aromatic rings. The molecule has 0 unspecified atom stereocenters. The molecular formula is C28H34F4KN5O2. The SMILES string of the molecule is CC.C[N-]c1c(C(=N)N)c(-c2ccc3c(c2F)CCN3C=O)cn1C(C)C.Cc1cccc(OC(F)(F)F)c1.[K+]. The summed E-state index contributed by atoms with van der Waals surface area (Å²) in [4.78, 5) is 12.6. The number of amides is 1. The molecule has 1 amide bonds. The largest absolute Gasteiger partial charge is 1.00 e. The van der Waals surface area contributed by atoms with Crippen LogP contribution in [0.3, 0.4) is 0 Å². The number of nitrogens with zero attached hydrogens (tertiary/aromatic N) is 3. The van der Waals surface area contributed by atoms with E-state index in [0.717, 1.165) is 12.0 Å². The molecule has 1 aromatic heterocycles. The first-order valence-corrected chi connectivity index (χ1v) is 12.4. The van der Waals surface area contributed by atoms with Crippen molar-refractivity contribution in [1.82, 2.24) is 4.57 Å². The van der Waals surface area contributed by atoms with Gasteiger partial charge in [-0.15, -0.1) is 13.2 Å². The minimum absolute atomic E-state index is 0. The number of carbonyl (C=O) groups is 1. The second kappa shape index (κ2) is 15.6. The first kappa shape index (κ1) is 35.6. The molecule has 0 fully saturated rings. The van der Waals surface area contributed by atoms with Crippen LogP contribution >= 0.6 is 0 Å². The van der Waals surface area contributed by atoms with Crippen LogP contribution in [0.5, 0.6) is 5.75 Å². The summed E-state index contributed by atoms with van der Waals surface area (Å²) < 4.78 is 55.7. The van der Waals surface area contributed by atoms with E-state index in [0.29, 0.717) is 46.7 Å². The van der Waals surface area contributed by atoms with Gasteiger partial charge in [-0.05, 0) is 54.8 Å². The summed E-state index contributed by atoms with van der Waals surface area (Å²) in [7, 11) is 1.63. The Morgan fingerprint density at radius 3 is 2.33 bits per heavy atom. The zero-order valence-corrected chi connectivity index (χ0v) is 27.0. The number of hydrogen-bond acceptors (Lipinski definition) is 3. The number of amidine groups is 1. The monoisotopic (exact) mass is 587 g/mol. The maximum atomic E-state index is 15.2. The Kier molecular flexibility index (Phi) is 13.9. The first-order valence-electron chi connectivity index (χ1n) is 12.4. The number of ether oxygens (including phenoxy) is 1. The van der Waals surface area contributed by atoms with Crippen LogP contribution < -0.4 is 66.8 Å². The van der Waals surface area contributed by atoms with E-state index in [4.69, 9.17) is 11.1 Å². The fourth-order valence-electron chi connectivity index (χ4n) is 4.21. The molecule has 0 spiro atoms. The molecule has 0 aliphatic carbocycles. The summed E-state index contributed by atoms with van der Waals surface area (Å²) in [6.07, 6.45) is -1.62. The van der Waals surface area contributed by atoms with Crippen molar-refractivity contribution in [3.8, 4) is 16.9 Å². The molecule has 40 heavy (non-hydrogen) atoms. The number of benzene rings is 2. The second-order valence-electron chi connectivity index (χ2n) is 8.72. The van der Waals surface area contributed by atoms with E-state index in [-0.39, 0.29) is 74.8 Å². The van der Waals surface area contributed by atoms with Crippen molar-refractivity contribution in [2.24, 2.45) is 5.73 Å². The van der Waals surface area contributed by atoms with Gasteiger partial charge < -0.3 is 25.3 Å². The summed E-state index contributed by atoms with van der Waals surface area (Å²) >= 11 is 0. The summed E-state index contributed by atoms with van der Waals surface area (Å²) in [5.74, 6) is -0.133. The Labute approximate surface area is 275 Å². The molecule has 212 valence electrons. The van der Waals surface area contributed by atoms with Gasteiger partial charge in [0.25, 0.3) is 0 Å². The third kappa shape index (κ3) is 8.56. The van der Waals surface area contributed by atoms with E-state index in [1.54, 1.807) is 38.4 Å². The van der Waals surface area contributed by atoms with E-state index in [1.807, 2.05) is 32.3 Å². The van der Waals surface area contributed by atoms with Gasteiger partial charge in [0.1, 0.15) is 17.4 Å². The first-order chi connectivity index (χ1) is 18.4. The van der Waals surface area contributed by atoms with Crippen molar-refractivity contribution in [2.75, 3.05) is 18.5 Å². The quantitative estimate of drug-likeness (QED) is 0.148. The van der Waals surface area contributed by atoms with Gasteiger partial charge in [-0.1, -0.05) is 58.9 Å². The van der Waals surface area contributed by atoms with E-state index >= 15 is 4.39 Å². The third-order valence-electron chi connectivity index (χ3n) is 5.81. The van der Waals surface area contributed by atoms with E-state index < -0.39 is 6.36 Å². The van der Waals surface area contributed by atoms with Crippen LogP contribution in [0.25, 0.3) is 16.4 Å². The molecule has 12 heteroatoms. The molecule has 0 bridgehead atoms. The van der Waals surface area contributed by atoms with Crippen molar-refractivity contribution in [1.29, 1.82) is 5.41 Å². The van der Waals surface area contributed by atoms with Crippen molar-refractivity contribution in [3.05, 3.63) is 70.4 Å². The van der Waals surface area contributed by atoms with Crippen molar-refractivity contribution < 1.29 is 78.5 Å². The van der Waals surface area contributed by atoms with Crippen LogP contribution in [0.15, 0.2) is 42.6 Å². The van der Waals surface area contributed by atoms with Gasteiger partial charge >= 0.3 is 57.7 Å². The number of carbonyl (C=O) groups excluding carboxylic acids is 1. The van der Waals surface area contributed by atoms with Crippen LogP contribution in [0.1, 0.15) is 50.4 Å². The van der Waals surface area contributed by atoms with Gasteiger partial charge in [0, 0.05) is 28.9 Å². The molecule has 0 radical (unpaired) electrons. The number of anilines is 1. The fourth-order valence-corrected chi connectivity index (χ4v) is 4.21. The molecule has 1 aliphatic rings. The predicted octanol–water partition coefficient (Wildman–Crippen LogP) is 4.24. The van der Waals surface area contributed by atoms with E-state index in [9.17, 15) is 18.0 Å². The van der Waals surface area contributed by atoms with E-state index in [1.165, 1.54) is 23.1 Å². The molecule has 2 aromatic carbocycles. The van der Waals surface area contributed by atoms with Crippen molar-refractivity contribution in [2.45, 2.75) is 53.4 Å².